The number of Topliss-reactive ketones (excluding diaryl/α,β-unsaturated/α-hetero) is 1. The topological polar surface area (TPSA) is 45.8 Å². The second-order valence-electron chi connectivity index (χ2n) is 5.03. The molecule has 1 saturated carbocycles. The predicted octanol–water partition coefficient (Wildman–Crippen LogP) is 3.52. The number of hydrogen-bond donors (Lipinski definition) is 1. The van der Waals surface area contributed by atoms with E-state index in [4.69, 9.17) is 11.6 Å². The van der Waals surface area contributed by atoms with Crippen molar-refractivity contribution in [3.63, 3.8) is 0 Å². The van der Waals surface area contributed by atoms with Gasteiger partial charge in [-0.1, -0.05) is 11.6 Å². The predicted molar refractivity (Wildman–Crippen MR) is 71.8 cm³/mol. The number of H-pyrrole nitrogens is 1. The average Bonchev–Trinajstić information content (AvgIpc) is 2.73. The highest BCUT2D eigenvalue weighted by atomic mass is 35.5. The van der Waals surface area contributed by atoms with Gasteiger partial charge >= 0.3 is 0 Å². The molecule has 18 heavy (non-hydrogen) atoms. The van der Waals surface area contributed by atoms with Crippen LogP contribution in [0.5, 0.6) is 0 Å². The lowest BCUT2D eigenvalue weighted by Crippen LogP contribution is -2.16. The summed E-state index contributed by atoms with van der Waals surface area (Å²) in [5.74, 6) is 1.99. The zero-order chi connectivity index (χ0) is 12.5. The normalized spacial score (nSPS) is 17.5. The Morgan fingerprint density at radius 3 is 2.89 bits per heavy atom. The van der Waals surface area contributed by atoms with E-state index in [-0.39, 0.29) is 0 Å². The van der Waals surface area contributed by atoms with Crippen molar-refractivity contribution >= 4 is 28.4 Å². The van der Waals surface area contributed by atoms with Gasteiger partial charge in [-0.3, -0.25) is 4.79 Å². The first kappa shape index (κ1) is 11.7. The Bertz CT molecular complexity index is 580. The van der Waals surface area contributed by atoms with Crippen LogP contribution in [0.3, 0.4) is 0 Å². The van der Waals surface area contributed by atoms with Crippen LogP contribution in [0.4, 0.5) is 0 Å². The van der Waals surface area contributed by atoms with Gasteiger partial charge in [0.25, 0.3) is 0 Å². The highest BCUT2D eigenvalue weighted by Crippen LogP contribution is 2.25. The SMILES string of the molecule is O=C1CCC(Cc2nc3ccc(Cl)cc3[nH]2)CC1. The van der Waals surface area contributed by atoms with Crippen LogP contribution in [0.15, 0.2) is 18.2 Å². The van der Waals surface area contributed by atoms with Gasteiger partial charge < -0.3 is 4.98 Å². The number of imidazole rings is 1. The molecule has 1 aromatic heterocycles. The molecule has 1 aliphatic rings. The third kappa shape index (κ3) is 2.41. The van der Waals surface area contributed by atoms with Crippen molar-refractivity contribution in [2.75, 3.05) is 0 Å². The van der Waals surface area contributed by atoms with Crippen LogP contribution in [0.25, 0.3) is 11.0 Å². The molecule has 0 radical (unpaired) electrons. The van der Waals surface area contributed by atoms with Gasteiger partial charge in [0.15, 0.2) is 0 Å². The third-order valence-electron chi connectivity index (χ3n) is 3.64. The summed E-state index contributed by atoms with van der Waals surface area (Å²) >= 11 is 5.95. The molecule has 2 aromatic rings. The molecule has 0 saturated heterocycles. The Labute approximate surface area is 111 Å². The van der Waals surface area contributed by atoms with Gasteiger partial charge in [-0.05, 0) is 37.0 Å². The minimum atomic E-state index is 0.405. The van der Waals surface area contributed by atoms with Gasteiger partial charge in [-0.15, -0.1) is 0 Å². The minimum absolute atomic E-state index is 0.405. The van der Waals surface area contributed by atoms with Crippen LogP contribution in [0.1, 0.15) is 31.5 Å². The number of halogens is 1. The molecule has 94 valence electrons. The smallest absolute Gasteiger partial charge is 0.132 e. The number of aromatic amines is 1. The summed E-state index contributed by atoms with van der Waals surface area (Å²) in [5.41, 5.74) is 1.95. The van der Waals surface area contributed by atoms with Crippen molar-refractivity contribution in [1.82, 2.24) is 9.97 Å². The summed E-state index contributed by atoms with van der Waals surface area (Å²) < 4.78 is 0. The number of aromatic nitrogens is 2. The lowest BCUT2D eigenvalue weighted by Gasteiger charge is -2.19. The summed E-state index contributed by atoms with van der Waals surface area (Å²) in [5, 5.41) is 0.723. The van der Waals surface area contributed by atoms with Crippen molar-refractivity contribution in [3.05, 3.63) is 29.0 Å². The molecule has 0 spiro atoms. The molecule has 3 nitrogen and oxygen atoms in total. The monoisotopic (exact) mass is 262 g/mol. The van der Waals surface area contributed by atoms with E-state index >= 15 is 0 Å². The number of nitrogens with one attached hydrogen (secondary N) is 1. The van der Waals surface area contributed by atoms with Crippen molar-refractivity contribution < 1.29 is 4.79 Å². The zero-order valence-corrected chi connectivity index (χ0v) is 10.8. The van der Waals surface area contributed by atoms with Crippen molar-refractivity contribution in [3.8, 4) is 0 Å². The first-order chi connectivity index (χ1) is 8.70. The van der Waals surface area contributed by atoms with Crippen LogP contribution in [-0.4, -0.2) is 15.8 Å². The second-order valence-corrected chi connectivity index (χ2v) is 5.47. The Kier molecular flexibility index (Phi) is 3.08. The number of fused-ring (bicyclic) bond motifs is 1. The standard InChI is InChI=1S/C14H15ClN2O/c15-10-3-6-12-13(8-10)17-14(16-12)7-9-1-4-11(18)5-2-9/h3,6,8-9H,1-2,4-5,7H2,(H,16,17). The average molecular weight is 263 g/mol. The second kappa shape index (κ2) is 4.73. The Morgan fingerprint density at radius 2 is 2.11 bits per heavy atom. The van der Waals surface area contributed by atoms with Gasteiger partial charge in [-0.25, -0.2) is 4.98 Å². The van der Waals surface area contributed by atoms with Crippen LogP contribution < -0.4 is 0 Å². The Morgan fingerprint density at radius 1 is 1.33 bits per heavy atom. The molecule has 0 unspecified atom stereocenters. The van der Waals surface area contributed by atoms with E-state index in [1.165, 1.54) is 0 Å². The maximum Gasteiger partial charge on any atom is 0.132 e. The summed E-state index contributed by atoms with van der Waals surface area (Å²) in [6.07, 6.45) is 4.39. The van der Waals surface area contributed by atoms with Crippen LogP contribution >= 0.6 is 11.6 Å². The fraction of sp³-hybridized carbons (Fsp3) is 0.429. The van der Waals surface area contributed by atoms with E-state index in [9.17, 15) is 4.79 Å². The van der Waals surface area contributed by atoms with Gasteiger partial charge in [0, 0.05) is 24.3 Å². The minimum Gasteiger partial charge on any atom is -0.342 e. The van der Waals surface area contributed by atoms with E-state index in [2.05, 4.69) is 9.97 Å². The van der Waals surface area contributed by atoms with Crippen LogP contribution in [0.2, 0.25) is 5.02 Å². The fourth-order valence-electron chi connectivity index (χ4n) is 2.61. The van der Waals surface area contributed by atoms with E-state index in [0.717, 1.165) is 54.0 Å². The molecule has 0 aliphatic heterocycles. The molecule has 1 heterocycles. The summed E-state index contributed by atoms with van der Waals surface area (Å²) in [6.45, 7) is 0. The maximum absolute atomic E-state index is 11.2. The quantitative estimate of drug-likeness (QED) is 0.900. The summed E-state index contributed by atoms with van der Waals surface area (Å²) in [7, 11) is 0. The van der Waals surface area contributed by atoms with Crippen molar-refractivity contribution in [2.45, 2.75) is 32.1 Å². The van der Waals surface area contributed by atoms with Gasteiger partial charge in [0.2, 0.25) is 0 Å². The van der Waals surface area contributed by atoms with Crippen LogP contribution in [0, 0.1) is 5.92 Å². The third-order valence-corrected chi connectivity index (χ3v) is 3.87. The number of rotatable bonds is 2. The molecular formula is C14H15ClN2O. The molecular weight excluding hydrogens is 248 g/mol. The van der Waals surface area contributed by atoms with E-state index in [1.807, 2.05) is 18.2 Å². The highest BCUT2D eigenvalue weighted by molar-refractivity contribution is 6.31. The summed E-state index contributed by atoms with van der Waals surface area (Å²) in [4.78, 5) is 19.1. The number of carbonyl (C=O) groups excluding carboxylic acids is 1. The zero-order valence-electron chi connectivity index (χ0n) is 10.1. The van der Waals surface area contributed by atoms with Crippen LogP contribution in [-0.2, 0) is 11.2 Å². The molecule has 1 fully saturated rings. The van der Waals surface area contributed by atoms with Gasteiger partial charge in [-0.2, -0.15) is 0 Å². The molecule has 1 N–H and O–H groups in total. The molecule has 4 heteroatoms. The maximum atomic E-state index is 11.2. The van der Waals surface area contributed by atoms with Crippen molar-refractivity contribution in [1.29, 1.82) is 0 Å². The Hall–Kier alpha value is -1.35. The molecule has 1 aliphatic carbocycles. The van der Waals surface area contributed by atoms with Gasteiger partial charge in [0.05, 0.1) is 11.0 Å². The highest BCUT2D eigenvalue weighted by Gasteiger charge is 2.20. The lowest BCUT2D eigenvalue weighted by molar-refractivity contribution is -0.121. The number of hydrogen-bond acceptors (Lipinski definition) is 2. The van der Waals surface area contributed by atoms with E-state index in [0.29, 0.717) is 11.7 Å². The molecule has 0 amide bonds. The first-order valence-electron chi connectivity index (χ1n) is 6.36. The fourth-order valence-corrected chi connectivity index (χ4v) is 2.78. The Balaban J connectivity index is 1.76. The lowest BCUT2D eigenvalue weighted by atomic mass is 9.86. The van der Waals surface area contributed by atoms with E-state index < -0.39 is 0 Å². The number of ketones is 1. The van der Waals surface area contributed by atoms with Crippen molar-refractivity contribution in [2.24, 2.45) is 5.92 Å². The molecule has 1 aromatic carbocycles. The number of nitrogens with zero attached hydrogens (tertiary/aromatic N) is 1. The first-order valence-corrected chi connectivity index (χ1v) is 6.74. The molecule has 0 atom stereocenters. The molecule has 3 rings (SSSR count). The van der Waals surface area contributed by atoms with E-state index in [1.54, 1.807) is 0 Å². The largest absolute Gasteiger partial charge is 0.342 e. The summed E-state index contributed by atoms with van der Waals surface area (Å²) in [6, 6.07) is 5.69. The molecule has 0 bridgehead atoms. The number of carbonyl (C=O) groups is 1. The number of benzene rings is 1. The van der Waals surface area contributed by atoms with Gasteiger partial charge in [0.1, 0.15) is 11.6 Å².